The second kappa shape index (κ2) is 10.9. The van der Waals surface area contributed by atoms with Gasteiger partial charge >= 0.3 is 0 Å². The predicted octanol–water partition coefficient (Wildman–Crippen LogP) is 2.87. The Kier molecular flexibility index (Phi) is 8.19. The Bertz CT molecular complexity index is 1050. The van der Waals surface area contributed by atoms with Crippen molar-refractivity contribution in [3.8, 4) is 5.75 Å². The minimum Gasteiger partial charge on any atom is -0.493 e. The van der Waals surface area contributed by atoms with Crippen LogP contribution < -0.4 is 15.4 Å². The molecule has 1 aliphatic heterocycles. The molecule has 0 aliphatic carbocycles. The van der Waals surface area contributed by atoms with Gasteiger partial charge in [-0.05, 0) is 60.6 Å². The second-order valence-electron chi connectivity index (χ2n) is 7.68. The Morgan fingerprint density at radius 1 is 1.16 bits per heavy atom. The topological polar surface area (TPSA) is 97.0 Å². The first kappa shape index (κ1) is 24.1. The number of carbonyl (C=O) groups is 1. The molecule has 1 aliphatic rings. The van der Waals surface area contributed by atoms with Gasteiger partial charge in [0.25, 0.3) is 5.91 Å². The van der Waals surface area contributed by atoms with Gasteiger partial charge in [0, 0.05) is 24.3 Å². The fourth-order valence-electron chi connectivity index (χ4n) is 2.97. The van der Waals surface area contributed by atoms with Crippen LogP contribution in [0.15, 0.2) is 53.4 Å². The summed E-state index contributed by atoms with van der Waals surface area (Å²) in [6.07, 6.45) is 0. The molecule has 0 saturated carbocycles. The molecule has 1 heterocycles. The molecule has 0 bridgehead atoms. The summed E-state index contributed by atoms with van der Waals surface area (Å²) in [5, 5.41) is 5.62. The summed E-state index contributed by atoms with van der Waals surface area (Å²) in [5.74, 6) is 0.616. The zero-order valence-corrected chi connectivity index (χ0v) is 19.7. The van der Waals surface area contributed by atoms with E-state index >= 15 is 0 Å². The van der Waals surface area contributed by atoms with Crippen LogP contribution in [0.1, 0.15) is 24.2 Å². The van der Waals surface area contributed by atoms with Gasteiger partial charge in [-0.25, -0.2) is 8.42 Å². The number of anilines is 1. The minimum atomic E-state index is -3.57. The van der Waals surface area contributed by atoms with Gasteiger partial charge in [-0.3, -0.25) is 10.1 Å². The van der Waals surface area contributed by atoms with Crippen molar-refractivity contribution in [2.45, 2.75) is 18.7 Å². The van der Waals surface area contributed by atoms with Crippen LogP contribution in [0.25, 0.3) is 0 Å². The summed E-state index contributed by atoms with van der Waals surface area (Å²) in [4.78, 5) is 12.7. The van der Waals surface area contributed by atoms with Gasteiger partial charge in [0.05, 0.1) is 24.7 Å². The molecule has 2 aromatic carbocycles. The molecule has 1 fully saturated rings. The molecule has 1 amide bonds. The Labute approximate surface area is 193 Å². The van der Waals surface area contributed by atoms with Crippen LogP contribution in [0.2, 0.25) is 0 Å². The second-order valence-corrected chi connectivity index (χ2v) is 10.0. The van der Waals surface area contributed by atoms with Crippen molar-refractivity contribution in [1.29, 1.82) is 0 Å². The molecular formula is C22H27N3O5S2. The van der Waals surface area contributed by atoms with Crippen LogP contribution in [0.5, 0.6) is 5.75 Å². The Morgan fingerprint density at radius 2 is 1.84 bits per heavy atom. The van der Waals surface area contributed by atoms with E-state index in [0.717, 1.165) is 0 Å². The van der Waals surface area contributed by atoms with E-state index in [2.05, 4.69) is 10.6 Å². The van der Waals surface area contributed by atoms with E-state index in [1.165, 1.54) is 16.4 Å². The lowest BCUT2D eigenvalue weighted by atomic mass is 10.2. The Balaban J connectivity index is 1.58. The number of sulfonamides is 1. The Morgan fingerprint density at radius 3 is 2.50 bits per heavy atom. The maximum absolute atomic E-state index is 12.7. The summed E-state index contributed by atoms with van der Waals surface area (Å²) >= 11 is 5.22. The highest BCUT2D eigenvalue weighted by Gasteiger charge is 2.26. The lowest BCUT2D eigenvalue weighted by Crippen LogP contribution is -2.40. The molecule has 0 radical (unpaired) electrons. The minimum absolute atomic E-state index is 0.104. The first-order valence-corrected chi connectivity index (χ1v) is 12.1. The van der Waals surface area contributed by atoms with Crippen molar-refractivity contribution in [3.05, 3.63) is 54.1 Å². The number of hydrogen-bond acceptors (Lipinski definition) is 6. The molecule has 0 unspecified atom stereocenters. The van der Waals surface area contributed by atoms with Gasteiger partial charge in [0.15, 0.2) is 5.11 Å². The van der Waals surface area contributed by atoms with E-state index in [0.29, 0.717) is 55.8 Å². The number of ether oxygens (including phenoxy) is 2. The largest absolute Gasteiger partial charge is 0.493 e. The summed E-state index contributed by atoms with van der Waals surface area (Å²) in [7, 11) is -3.57. The number of nitrogens with zero attached hydrogens (tertiary/aromatic N) is 1. The van der Waals surface area contributed by atoms with Crippen LogP contribution >= 0.6 is 12.2 Å². The summed E-state index contributed by atoms with van der Waals surface area (Å²) in [6, 6.07) is 13.1. The van der Waals surface area contributed by atoms with E-state index in [9.17, 15) is 13.2 Å². The van der Waals surface area contributed by atoms with Gasteiger partial charge in [0.2, 0.25) is 10.0 Å². The maximum Gasteiger partial charge on any atom is 0.257 e. The van der Waals surface area contributed by atoms with Crippen molar-refractivity contribution in [1.82, 2.24) is 9.62 Å². The van der Waals surface area contributed by atoms with Gasteiger partial charge in [-0.15, -0.1) is 0 Å². The van der Waals surface area contributed by atoms with Crippen molar-refractivity contribution in [2.75, 3.05) is 38.2 Å². The highest BCUT2D eigenvalue weighted by molar-refractivity contribution is 7.89. The van der Waals surface area contributed by atoms with Crippen LogP contribution in [0.4, 0.5) is 5.69 Å². The van der Waals surface area contributed by atoms with Crippen LogP contribution in [0, 0.1) is 5.92 Å². The quantitative estimate of drug-likeness (QED) is 0.592. The van der Waals surface area contributed by atoms with Crippen molar-refractivity contribution < 1.29 is 22.7 Å². The summed E-state index contributed by atoms with van der Waals surface area (Å²) in [5.41, 5.74) is 0.979. The lowest BCUT2D eigenvalue weighted by Gasteiger charge is -2.26. The molecule has 0 atom stereocenters. The number of rotatable bonds is 7. The molecular weight excluding hydrogens is 450 g/mol. The zero-order chi connectivity index (χ0) is 23.1. The first-order valence-electron chi connectivity index (χ1n) is 10.3. The number of morpholine rings is 1. The molecule has 10 heteroatoms. The molecule has 0 spiro atoms. The standard InChI is InChI=1S/C22H27N3O5S2/c1-16(2)15-30-19-5-3-4-17(14-19)21(26)24-22(31)23-18-6-8-20(9-7-18)32(27,28)25-10-12-29-13-11-25/h3-9,14,16H,10-13,15H2,1-2H3,(H2,23,24,26,31). The zero-order valence-electron chi connectivity index (χ0n) is 18.0. The molecule has 2 N–H and O–H groups in total. The number of hydrogen-bond donors (Lipinski definition) is 2. The van der Waals surface area contributed by atoms with E-state index in [1.807, 2.05) is 13.8 Å². The fraction of sp³-hybridized carbons (Fsp3) is 0.364. The van der Waals surface area contributed by atoms with Gasteiger partial charge in [-0.2, -0.15) is 4.31 Å². The van der Waals surface area contributed by atoms with E-state index in [4.69, 9.17) is 21.7 Å². The summed E-state index contributed by atoms with van der Waals surface area (Å²) in [6.45, 7) is 6.10. The average Bonchev–Trinajstić information content (AvgIpc) is 2.78. The number of nitrogens with one attached hydrogen (secondary N) is 2. The van der Waals surface area contributed by atoms with Gasteiger partial charge < -0.3 is 14.8 Å². The third kappa shape index (κ3) is 6.49. The summed E-state index contributed by atoms with van der Waals surface area (Å²) < 4.78 is 37.7. The number of thiocarbonyl (C=S) groups is 1. The molecule has 0 aromatic heterocycles. The molecule has 172 valence electrons. The fourth-order valence-corrected chi connectivity index (χ4v) is 4.59. The first-order chi connectivity index (χ1) is 15.3. The van der Waals surface area contributed by atoms with Crippen molar-refractivity contribution in [3.63, 3.8) is 0 Å². The monoisotopic (exact) mass is 477 g/mol. The van der Waals surface area contributed by atoms with Gasteiger partial charge in [-0.1, -0.05) is 19.9 Å². The third-order valence-electron chi connectivity index (χ3n) is 4.63. The molecule has 3 rings (SSSR count). The molecule has 32 heavy (non-hydrogen) atoms. The molecule has 2 aromatic rings. The average molecular weight is 478 g/mol. The highest BCUT2D eigenvalue weighted by atomic mass is 32.2. The number of carbonyl (C=O) groups excluding carboxylic acids is 1. The van der Waals surface area contributed by atoms with E-state index in [1.54, 1.807) is 36.4 Å². The third-order valence-corrected chi connectivity index (χ3v) is 6.74. The SMILES string of the molecule is CC(C)COc1cccc(C(=O)NC(=S)Nc2ccc(S(=O)(=O)N3CCOCC3)cc2)c1. The molecule has 8 nitrogen and oxygen atoms in total. The van der Waals surface area contributed by atoms with E-state index < -0.39 is 10.0 Å². The normalized spacial score (nSPS) is 14.7. The van der Waals surface area contributed by atoms with Crippen molar-refractivity contribution >= 4 is 38.9 Å². The van der Waals surface area contributed by atoms with Crippen LogP contribution in [0.3, 0.4) is 0 Å². The smallest absolute Gasteiger partial charge is 0.257 e. The number of benzene rings is 2. The van der Waals surface area contributed by atoms with Crippen LogP contribution in [-0.2, 0) is 14.8 Å². The molecule has 1 saturated heterocycles. The van der Waals surface area contributed by atoms with Crippen LogP contribution in [-0.4, -0.2) is 56.7 Å². The lowest BCUT2D eigenvalue weighted by molar-refractivity contribution is 0.0730. The predicted molar refractivity (Wildman–Crippen MR) is 126 cm³/mol. The van der Waals surface area contributed by atoms with Gasteiger partial charge in [0.1, 0.15) is 5.75 Å². The highest BCUT2D eigenvalue weighted by Crippen LogP contribution is 2.19. The maximum atomic E-state index is 12.7. The Hall–Kier alpha value is -2.53. The number of amides is 1. The van der Waals surface area contributed by atoms with Crippen molar-refractivity contribution in [2.24, 2.45) is 5.92 Å². The van der Waals surface area contributed by atoms with E-state index in [-0.39, 0.29) is 15.9 Å².